The zero-order valence-corrected chi connectivity index (χ0v) is 22.7. The lowest BCUT2D eigenvalue weighted by Gasteiger charge is -2.19. The van der Waals surface area contributed by atoms with Crippen LogP contribution in [0.25, 0.3) is 22.6 Å². The zero-order chi connectivity index (χ0) is 28.4. The van der Waals surface area contributed by atoms with Crippen molar-refractivity contribution in [1.29, 1.82) is 0 Å². The van der Waals surface area contributed by atoms with Gasteiger partial charge in [0.1, 0.15) is 12.1 Å². The lowest BCUT2D eigenvalue weighted by atomic mass is 9.90. The number of halogens is 3. The molecule has 1 aromatic heterocycles. The molecule has 4 aromatic rings. The van der Waals surface area contributed by atoms with Crippen LogP contribution >= 0.6 is 12.2 Å². The molecular weight excluding hydrogens is 535 g/mol. The number of aromatic nitrogens is 2. The minimum absolute atomic E-state index is 0.260. The van der Waals surface area contributed by atoms with Crippen LogP contribution in [-0.2, 0) is 19.3 Å². The van der Waals surface area contributed by atoms with E-state index < -0.39 is 6.36 Å². The average Bonchev–Trinajstić information content (AvgIpc) is 3.36. The number of para-hydroxylation sites is 1. The Morgan fingerprint density at radius 2 is 1.88 bits per heavy atom. The summed E-state index contributed by atoms with van der Waals surface area (Å²) in [5.41, 5.74) is 9.15. The first-order valence-corrected chi connectivity index (χ1v) is 13.1. The van der Waals surface area contributed by atoms with E-state index >= 15 is 0 Å². The predicted molar refractivity (Wildman–Crippen MR) is 154 cm³/mol. The lowest BCUT2D eigenvalue weighted by molar-refractivity contribution is -0.274. The summed E-state index contributed by atoms with van der Waals surface area (Å²) in [5.74, 6) is -0.266. The number of anilines is 1. The number of azo groups is 1. The highest BCUT2D eigenvalue weighted by molar-refractivity contribution is 7.80. The molecule has 1 N–H and O–H groups in total. The number of thiocarbonyl (C=S) groups is 1. The second-order valence-corrected chi connectivity index (χ2v) is 9.75. The lowest BCUT2D eigenvalue weighted by Crippen LogP contribution is -2.17. The van der Waals surface area contributed by atoms with Gasteiger partial charge in [0, 0.05) is 22.5 Å². The highest BCUT2D eigenvalue weighted by atomic mass is 32.1. The van der Waals surface area contributed by atoms with Crippen LogP contribution in [-0.4, -0.2) is 21.0 Å². The first-order chi connectivity index (χ1) is 19.1. The Hall–Kier alpha value is -4.31. The van der Waals surface area contributed by atoms with E-state index in [4.69, 9.17) is 12.2 Å². The van der Waals surface area contributed by atoms with E-state index in [1.165, 1.54) is 12.1 Å². The van der Waals surface area contributed by atoms with Crippen LogP contribution < -0.4 is 10.1 Å². The van der Waals surface area contributed by atoms with E-state index in [0.29, 0.717) is 17.8 Å². The van der Waals surface area contributed by atoms with Gasteiger partial charge < -0.3 is 14.6 Å². The Kier molecular flexibility index (Phi) is 7.53. The van der Waals surface area contributed by atoms with Crippen molar-refractivity contribution in [3.05, 3.63) is 102 Å². The standard InChI is InChI=1S/C30H26F3N5OS/c1-4-20-7-5-6-18(2)27(20)35-29(40)37-36-19(3)21-8-14-25-22(16-21)9-15-26-28(25)34-17-38(26)23-10-12-24(13-11-23)39-30(31,32)33/h5-8,10-14,16-17H,3-4,9,15H2,1-2H3,(H,35,40). The summed E-state index contributed by atoms with van der Waals surface area (Å²) in [5, 5.41) is 11.9. The van der Waals surface area contributed by atoms with E-state index in [1.807, 2.05) is 41.8 Å². The number of nitrogens with one attached hydrogen (secondary N) is 1. The van der Waals surface area contributed by atoms with Crippen molar-refractivity contribution in [2.75, 3.05) is 5.32 Å². The molecule has 1 heterocycles. The molecule has 0 bridgehead atoms. The first-order valence-electron chi connectivity index (χ1n) is 12.7. The zero-order valence-electron chi connectivity index (χ0n) is 21.9. The number of alkyl halides is 3. The highest BCUT2D eigenvalue weighted by Gasteiger charge is 2.31. The minimum Gasteiger partial charge on any atom is -0.406 e. The molecule has 40 heavy (non-hydrogen) atoms. The smallest absolute Gasteiger partial charge is 0.406 e. The fraction of sp³-hybridized carbons (Fsp3) is 0.200. The Labute approximate surface area is 235 Å². The average molecular weight is 562 g/mol. The van der Waals surface area contributed by atoms with Gasteiger partial charge in [-0.2, -0.15) is 0 Å². The number of rotatable bonds is 6. The van der Waals surface area contributed by atoms with Crippen molar-refractivity contribution >= 4 is 28.7 Å². The summed E-state index contributed by atoms with van der Waals surface area (Å²) in [4.78, 5) is 4.61. The third-order valence-electron chi connectivity index (χ3n) is 6.77. The van der Waals surface area contributed by atoms with Crippen molar-refractivity contribution in [1.82, 2.24) is 9.55 Å². The first kappa shape index (κ1) is 27.3. The number of nitrogens with zero attached hydrogens (tertiary/aromatic N) is 4. The number of hydrogen-bond donors (Lipinski definition) is 1. The Balaban J connectivity index is 1.31. The van der Waals surface area contributed by atoms with Crippen molar-refractivity contribution in [2.24, 2.45) is 10.2 Å². The number of aryl methyl sites for hydroxylation is 3. The molecule has 0 saturated heterocycles. The van der Waals surface area contributed by atoms with Crippen molar-refractivity contribution in [3.8, 4) is 22.7 Å². The molecule has 0 aliphatic heterocycles. The summed E-state index contributed by atoms with van der Waals surface area (Å²) in [6.07, 6.45) is -0.700. The molecule has 1 aliphatic rings. The Morgan fingerprint density at radius 1 is 1.10 bits per heavy atom. The molecule has 5 rings (SSSR count). The van der Waals surface area contributed by atoms with E-state index in [0.717, 1.165) is 57.7 Å². The molecule has 1 aliphatic carbocycles. The number of hydrogen-bond acceptors (Lipinski definition) is 4. The summed E-state index contributed by atoms with van der Waals surface area (Å²) in [6.45, 7) is 8.18. The van der Waals surface area contributed by atoms with Gasteiger partial charge in [-0.25, -0.2) is 4.98 Å². The molecule has 3 aromatic carbocycles. The second kappa shape index (κ2) is 11.1. The summed E-state index contributed by atoms with van der Waals surface area (Å²) in [6, 6.07) is 17.8. The third-order valence-corrected chi connectivity index (χ3v) is 6.96. The van der Waals surface area contributed by atoms with Crippen LogP contribution in [0.2, 0.25) is 0 Å². The van der Waals surface area contributed by atoms with E-state index in [1.54, 1.807) is 18.5 Å². The predicted octanol–water partition coefficient (Wildman–Crippen LogP) is 8.23. The van der Waals surface area contributed by atoms with Gasteiger partial charge in [-0.3, -0.25) is 0 Å². The quantitative estimate of drug-likeness (QED) is 0.190. The van der Waals surface area contributed by atoms with Crippen LogP contribution in [0.5, 0.6) is 5.75 Å². The Bertz CT molecular complexity index is 1620. The molecule has 204 valence electrons. The second-order valence-electron chi connectivity index (χ2n) is 9.36. The number of imidazole rings is 1. The van der Waals surface area contributed by atoms with E-state index in [-0.39, 0.29) is 10.9 Å². The Morgan fingerprint density at radius 3 is 2.60 bits per heavy atom. The summed E-state index contributed by atoms with van der Waals surface area (Å²) >= 11 is 5.41. The molecule has 0 amide bonds. The third kappa shape index (κ3) is 5.81. The number of ether oxygens (including phenoxy) is 1. The van der Waals surface area contributed by atoms with Gasteiger partial charge >= 0.3 is 6.36 Å². The molecule has 0 atom stereocenters. The normalized spacial score (nSPS) is 12.6. The minimum atomic E-state index is -4.73. The van der Waals surface area contributed by atoms with Crippen LogP contribution in [0.1, 0.15) is 34.9 Å². The number of fused-ring (bicyclic) bond motifs is 3. The van der Waals surface area contributed by atoms with Gasteiger partial charge in [0.25, 0.3) is 0 Å². The van der Waals surface area contributed by atoms with Gasteiger partial charge in [0.15, 0.2) is 0 Å². The van der Waals surface area contributed by atoms with E-state index in [2.05, 4.69) is 44.8 Å². The van der Waals surface area contributed by atoms with E-state index in [9.17, 15) is 13.2 Å². The van der Waals surface area contributed by atoms with Crippen LogP contribution in [0.3, 0.4) is 0 Å². The van der Waals surface area contributed by atoms with Crippen molar-refractivity contribution in [2.45, 2.75) is 39.5 Å². The molecule has 0 fully saturated rings. The topological polar surface area (TPSA) is 63.8 Å². The molecule has 0 spiro atoms. The maximum Gasteiger partial charge on any atom is 0.573 e. The van der Waals surface area contributed by atoms with Crippen LogP contribution in [0, 0.1) is 6.92 Å². The largest absolute Gasteiger partial charge is 0.573 e. The molecular formula is C30H26F3N5OS. The molecule has 0 radical (unpaired) electrons. The highest BCUT2D eigenvalue weighted by Crippen LogP contribution is 2.35. The molecule has 0 saturated carbocycles. The van der Waals surface area contributed by atoms with Gasteiger partial charge in [-0.15, -0.1) is 23.4 Å². The van der Waals surface area contributed by atoms with Gasteiger partial charge in [-0.1, -0.05) is 43.8 Å². The van der Waals surface area contributed by atoms with Crippen molar-refractivity contribution < 1.29 is 17.9 Å². The van der Waals surface area contributed by atoms with Crippen LogP contribution in [0.4, 0.5) is 18.9 Å². The SMILES string of the molecule is C=C(N=NC(=S)Nc1c(C)cccc1CC)c1ccc2c(c1)CCc1c-2ncn1-c1ccc(OC(F)(F)F)cc1. The fourth-order valence-electron chi connectivity index (χ4n) is 4.83. The maximum absolute atomic E-state index is 12.5. The summed E-state index contributed by atoms with van der Waals surface area (Å²) < 4.78 is 43.4. The van der Waals surface area contributed by atoms with Gasteiger partial charge in [-0.05, 0) is 85.4 Å². The maximum atomic E-state index is 12.5. The monoisotopic (exact) mass is 561 g/mol. The van der Waals surface area contributed by atoms with Crippen LogP contribution in [0.15, 0.2) is 83.8 Å². The molecule has 10 heteroatoms. The molecule has 6 nitrogen and oxygen atoms in total. The fourth-order valence-corrected chi connectivity index (χ4v) is 4.97. The summed E-state index contributed by atoms with van der Waals surface area (Å²) in [7, 11) is 0. The van der Waals surface area contributed by atoms with Gasteiger partial charge in [0.2, 0.25) is 5.11 Å². The molecule has 0 unspecified atom stereocenters. The van der Waals surface area contributed by atoms with Gasteiger partial charge in [0.05, 0.1) is 17.1 Å². The van der Waals surface area contributed by atoms with Crippen molar-refractivity contribution in [3.63, 3.8) is 0 Å². The number of benzene rings is 3.